The van der Waals surface area contributed by atoms with Gasteiger partial charge in [-0.05, 0) is 42.3 Å². The smallest absolute Gasteiger partial charge is 0.229 e. The number of carbonyl (C=O) groups excluding carboxylic acids is 2. The van der Waals surface area contributed by atoms with Crippen molar-refractivity contribution in [1.29, 1.82) is 5.26 Å². The summed E-state index contributed by atoms with van der Waals surface area (Å²) in [7, 11) is 0. The van der Waals surface area contributed by atoms with Crippen molar-refractivity contribution < 1.29 is 14.0 Å². The van der Waals surface area contributed by atoms with Crippen molar-refractivity contribution in [1.82, 2.24) is 4.90 Å². The molecule has 0 bridgehead atoms. The summed E-state index contributed by atoms with van der Waals surface area (Å²) in [6.45, 7) is 0.863. The van der Waals surface area contributed by atoms with E-state index in [2.05, 4.69) is 5.32 Å². The largest absolute Gasteiger partial charge is 0.342 e. The molecule has 0 aromatic heterocycles. The van der Waals surface area contributed by atoms with Gasteiger partial charge in [-0.2, -0.15) is 5.26 Å². The van der Waals surface area contributed by atoms with Crippen LogP contribution in [-0.4, -0.2) is 29.8 Å². The fraction of sp³-hybridized carbons (Fsp3) is 0.250. The number of benzene rings is 2. The Balaban J connectivity index is 1.55. The van der Waals surface area contributed by atoms with E-state index in [-0.39, 0.29) is 24.1 Å². The topological polar surface area (TPSA) is 73.2 Å². The number of anilines is 1. The molecule has 2 aromatic rings. The first-order valence-electron chi connectivity index (χ1n) is 8.38. The highest BCUT2D eigenvalue weighted by Crippen LogP contribution is 2.21. The maximum atomic E-state index is 12.9. The average Bonchev–Trinajstić information content (AvgIpc) is 3.02. The second-order valence-electron chi connectivity index (χ2n) is 6.30. The molecule has 0 spiro atoms. The lowest BCUT2D eigenvalue weighted by molar-refractivity contribution is -0.128. The lowest BCUT2D eigenvalue weighted by atomic mass is 10.1. The number of hydrogen-bond donors (Lipinski definition) is 1. The first-order valence-corrected chi connectivity index (χ1v) is 8.38. The molecule has 1 aliphatic rings. The van der Waals surface area contributed by atoms with Gasteiger partial charge in [-0.25, -0.2) is 4.39 Å². The Kier molecular flexibility index (Phi) is 5.28. The zero-order valence-corrected chi connectivity index (χ0v) is 14.1. The third-order valence-corrected chi connectivity index (χ3v) is 4.43. The predicted octanol–water partition coefficient (Wildman–Crippen LogP) is 2.73. The standard InChI is InChI=1S/C20H18FN3O2/c21-17-6-4-14(5-7-17)8-9-24-13-16(11-19(24)25)20(26)23-18-3-1-2-15(10-18)12-22/h1-7,10,16H,8-9,11,13H2,(H,23,26). The number of nitrogens with zero attached hydrogens (tertiary/aromatic N) is 2. The van der Waals surface area contributed by atoms with Crippen LogP contribution < -0.4 is 5.32 Å². The molecule has 3 rings (SSSR count). The SMILES string of the molecule is N#Cc1cccc(NC(=O)C2CC(=O)N(CCc3ccc(F)cc3)C2)c1. The van der Waals surface area contributed by atoms with Crippen molar-refractivity contribution in [2.24, 2.45) is 5.92 Å². The van der Waals surface area contributed by atoms with Gasteiger partial charge in [-0.3, -0.25) is 9.59 Å². The molecule has 0 aliphatic carbocycles. The van der Waals surface area contributed by atoms with E-state index >= 15 is 0 Å². The second kappa shape index (κ2) is 7.79. The Morgan fingerprint density at radius 1 is 1.27 bits per heavy atom. The first-order chi connectivity index (χ1) is 12.5. The summed E-state index contributed by atoms with van der Waals surface area (Å²) in [5, 5.41) is 11.7. The van der Waals surface area contributed by atoms with Gasteiger partial charge in [0.2, 0.25) is 11.8 Å². The number of likely N-dealkylation sites (tertiary alicyclic amines) is 1. The van der Waals surface area contributed by atoms with E-state index in [9.17, 15) is 14.0 Å². The summed E-state index contributed by atoms with van der Waals surface area (Å²) in [4.78, 5) is 26.2. The average molecular weight is 351 g/mol. The molecular formula is C20H18FN3O2. The molecule has 0 radical (unpaired) electrons. The maximum absolute atomic E-state index is 12.9. The number of rotatable bonds is 5. The Morgan fingerprint density at radius 3 is 2.77 bits per heavy atom. The molecule has 1 unspecified atom stereocenters. The van der Waals surface area contributed by atoms with E-state index in [0.29, 0.717) is 30.8 Å². The van der Waals surface area contributed by atoms with E-state index in [0.717, 1.165) is 5.56 Å². The van der Waals surface area contributed by atoms with Crippen molar-refractivity contribution in [3.8, 4) is 6.07 Å². The third-order valence-electron chi connectivity index (χ3n) is 4.43. The van der Waals surface area contributed by atoms with Gasteiger partial charge in [0, 0.05) is 25.2 Å². The Hall–Kier alpha value is -3.20. The zero-order valence-electron chi connectivity index (χ0n) is 14.1. The van der Waals surface area contributed by atoms with Crippen molar-refractivity contribution >= 4 is 17.5 Å². The van der Waals surface area contributed by atoms with Crippen LogP contribution in [0.4, 0.5) is 10.1 Å². The van der Waals surface area contributed by atoms with Crippen molar-refractivity contribution in [3.05, 3.63) is 65.5 Å². The Labute approximate surface area is 151 Å². The van der Waals surface area contributed by atoms with Crippen LogP contribution in [0, 0.1) is 23.1 Å². The minimum absolute atomic E-state index is 0.0574. The summed E-state index contributed by atoms with van der Waals surface area (Å²) in [6, 6.07) is 14.9. The first kappa shape index (κ1) is 17.6. The molecular weight excluding hydrogens is 333 g/mol. The highest BCUT2D eigenvalue weighted by molar-refractivity contribution is 5.97. The van der Waals surface area contributed by atoms with Gasteiger partial charge >= 0.3 is 0 Å². The summed E-state index contributed by atoms with van der Waals surface area (Å²) >= 11 is 0. The van der Waals surface area contributed by atoms with E-state index in [4.69, 9.17) is 5.26 Å². The molecule has 2 amide bonds. The van der Waals surface area contributed by atoms with Gasteiger partial charge in [0.05, 0.1) is 17.6 Å². The minimum atomic E-state index is -0.415. The molecule has 132 valence electrons. The number of hydrogen-bond acceptors (Lipinski definition) is 3. The number of amides is 2. The van der Waals surface area contributed by atoms with Gasteiger partial charge < -0.3 is 10.2 Å². The van der Waals surface area contributed by atoms with E-state index in [1.54, 1.807) is 41.3 Å². The van der Waals surface area contributed by atoms with Gasteiger partial charge in [0.15, 0.2) is 0 Å². The second-order valence-corrected chi connectivity index (χ2v) is 6.30. The van der Waals surface area contributed by atoms with Crippen LogP contribution in [0.1, 0.15) is 17.5 Å². The quantitative estimate of drug-likeness (QED) is 0.900. The van der Waals surface area contributed by atoms with Gasteiger partial charge in [-0.15, -0.1) is 0 Å². The van der Waals surface area contributed by atoms with Crippen LogP contribution in [0.2, 0.25) is 0 Å². The Morgan fingerprint density at radius 2 is 2.04 bits per heavy atom. The number of nitrogens with one attached hydrogen (secondary N) is 1. The van der Waals surface area contributed by atoms with Crippen molar-refractivity contribution in [3.63, 3.8) is 0 Å². The highest BCUT2D eigenvalue weighted by Gasteiger charge is 2.34. The summed E-state index contributed by atoms with van der Waals surface area (Å²) in [6.07, 6.45) is 0.789. The third kappa shape index (κ3) is 4.25. The number of nitriles is 1. The fourth-order valence-corrected chi connectivity index (χ4v) is 2.99. The monoisotopic (exact) mass is 351 g/mol. The zero-order chi connectivity index (χ0) is 18.5. The molecule has 2 aromatic carbocycles. The molecule has 1 N–H and O–H groups in total. The van der Waals surface area contributed by atoms with Crippen LogP contribution in [0.15, 0.2) is 48.5 Å². The van der Waals surface area contributed by atoms with Crippen LogP contribution in [0.25, 0.3) is 0 Å². The Bertz CT molecular complexity index is 858. The van der Waals surface area contributed by atoms with Gasteiger partial charge in [0.1, 0.15) is 5.82 Å². The van der Waals surface area contributed by atoms with E-state index in [1.165, 1.54) is 12.1 Å². The molecule has 6 heteroatoms. The van der Waals surface area contributed by atoms with Crippen LogP contribution in [-0.2, 0) is 16.0 Å². The van der Waals surface area contributed by atoms with E-state index < -0.39 is 5.92 Å². The van der Waals surface area contributed by atoms with E-state index in [1.807, 2.05) is 6.07 Å². The molecule has 5 nitrogen and oxygen atoms in total. The van der Waals surface area contributed by atoms with Crippen molar-refractivity contribution in [2.75, 3.05) is 18.4 Å². The summed E-state index contributed by atoms with van der Waals surface area (Å²) in [5.74, 6) is -0.986. The van der Waals surface area contributed by atoms with Crippen LogP contribution >= 0.6 is 0 Å². The summed E-state index contributed by atoms with van der Waals surface area (Å²) < 4.78 is 12.9. The normalized spacial score (nSPS) is 16.4. The van der Waals surface area contributed by atoms with Crippen LogP contribution in [0.3, 0.4) is 0 Å². The lowest BCUT2D eigenvalue weighted by Crippen LogP contribution is -2.30. The fourth-order valence-electron chi connectivity index (χ4n) is 2.99. The molecule has 26 heavy (non-hydrogen) atoms. The molecule has 0 saturated carbocycles. The molecule has 1 heterocycles. The maximum Gasteiger partial charge on any atom is 0.229 e. The van der Waals surface area contributed by atoms with Gasteiger partial charge in [-0.1, -0.05) is 18.2 Å². The predicted molar refractivity (Wildman–Crippen MR) is 94.6 cm³/mol. The molecule has 1 saturated heterocycles. The molecule has 1 aliphatic heterocycles. The highest BCUT2D eigenvalue weighted by atomic mass is 19.1. The van der Waals surface area contributed by atoms with Crippen molar-refractivity contribution in [2.45, 2.75) is 12.8 Å². The molecule has 1 fully saturated rings. The minimum Gasteiger partial charge on any atom is -0.342 e. The number of halogens is 1. The summed E-state index contributed by atoms with van der Waals surface area (Å²) in [5.41, 5.74) is 1.96. The number of carbonyl (C=O) groups is 2. The van der Waals surface area contributed by atoms with Gasteiger partial charge in [0.25, 0.3) is 0 Å². The molecule has 1 atom stereocenters. The van der Waals surface area contributed by atoms with Crippen LogP contribution in [0.5, 0.6) is 0 Å². The lowest BCUT2D eigenvalue weighted by Gasteiger charge is -2.16.